The molecule has 0 heterocycles. The summed E-state index contributed by atoms with van der Waals surface area (Å²) in [6.45, 7) is 2.22. The van der Waals surface area contributed by atoms with Gasteiger partial charge >= 0.3 is 0 Å². The van der Waals surface area contributed by atoms with Gasteiger partial charge in [0, 0.05) is 5.56 Å². The fourth-order valence-electron chi connectivity index (χ4n) is 2.27. The zero-order valence-corrected chi connectivity index (χ0v) is 10.9. The molecule has 94 valence electrons. The van der Waals surface area contributed by atoms with Crippen LogP contribution in [-0.2, 0) is 6.42 Å². The SMILES string of the molecule is CCCCCc1ccccc1-c1ccccc1O. The van der Waals surface area contributed by atoms with Crippen molar-refractivity contribution in [2.45, 2.75) is 32.6 Å². The van der Waals surface area contributed by atoms with Gasteiger partial charge in [-0.05, 0) is 30.0 Å². The highest BCUT2D eigenvalue weighted by Crippen LogP contribution is 2.31. The maximum Gasteiger partial charge on any atom is 0.123 e. The van der Waals surface area contributed by atoms with Crippen molar-refractivity contribution in [2.75, 3.05) is 0 Å². The molecule has 0 saturated carbocycles. The number of unbranched alkanes of at least 4 members (excludes halogenated alkanes) is 2. The molecule has 0 amide bonds. The summed E-state index contributed by atoms with van der Waals surface area (Å²) in [5.74, 6) is 0.362. The molecule has 1 heteroatoms. The molecule has 0 aliphatic heterocycles. The maximum absolute atomic E-state index is 9.96. The number of aryl methyl sites for hydroxylation is 1. The Bertz CT molecular complexity index is 502. The van der Waals surface area contributed by atoms with Gasteiger partial charge in [0.25, 0.3) is 0 Å². The van der Waals surface area contributed by atoms with Crippen LogP contribution < -0.4 is 0 Å². The van der Waals surface area contributed by atoms with Crippen LogP contribution in [0, 0.1) is 0 Å². The second-order valence-corrected chi connectivity index (χ2v) is 4.63. The Balaban J connectivity index is 2.30. The van der Waals surface area contributed by atoms with Crippen molar-refractivity contribution in [3.8, 4) is 16.9 Å². The van der Waals surface area contributed by atoms with Gasteiger partial charge in [-0.25, -0.2) is 0 Å². The smallest absolute Gasteiger partial charge is 0.123 e. The molecule has 0 fully saturated rings. The first-order valence-electron chi connectivity index (χ1n) is 6.69. The quantitative estimate of drug-likeness (QED) is 0.745. The monoisotopic (exact) mass is 240 g/mol. The summed E-state index contributed by atoms with van der Waals surface area (Å²) >= 11 is 0. The van der Waals surface area contributed by atoms with E-state index >= 15 is 0 Å². The third-order valence-corrected chi connectivity index (χ3v) is 3.26. The molecular weight excluding hydrogens is 220 g/mol. The minimum atomic E-state index is 0.362. The molecule has 1 nitrogen and oxygen atoms in total. The van der Waals surface area contributed by atoms with Gasteiger partial charge in [-0.15, -0.1) is 0 Å². The van der Waals surface area contributed by atoms with Crippen molar-refractivity contribution in [1.29, 1.82) is 0 Å². The van der Waals surface area contributed by atoms with Gasteiger partial charge in [-0.2, -0.15) is 0 Å². The van der Waals surface area contributed by atoms with Crippen LogP contribution in [0.3, 0.4) is 0 Å². The lowest BCUT2D eigenvalue weighted by Gasteiger charge is -2.10. The summed E-state index contributed by atoms with van der Waals surface area (Å²) < 4.78 is 0. The van der Waals surface area contributed by atoms with E-state index in [9.17, 15) is 5.11 Å². The molecule has 0 atom stereocenters. The Hall–Kier alpha value is -1.76. The van der Waals surface area contributed by atoms with Crippen LogP contribution in [0.25, 0.3) is 11.1 Å². The average Bonchev–Trinajstić information content (AvgIpc) is 2.40. The normalized spacial score (nSPS) is 10.5. The number of rotatable bonds is 5. The molecule has 0 bridgehead atoms. The molecule has 0 saturated heterocycles. The first kappa shape index (κ1) is 12.7. The largest absolute Gasteiger partial charge is 0.507 e. The summed E-state index contributed by atoms with van der Waals surface area (Å²) in [7, 11) is 0. The van der Waals surface area contributed by atoms with Crippen molar-refractivity contribution in [1.82, 2.24) is 0 Å². The van der Waals surface area contributed by atoms with Crippen LogP contribution in [0.15, 0.2) is 48.5 Å². The molecule has 2 aromatic carbocycles. The Kier molecular flexibility index (Phi) is 4.40. The van der Waals surface area contributed by atoms with Gasteiger partial charge in [0.2, 0.25) is 0 Å². The second kappa shape index (κ2) is 6.25. The lowest BCUT2D eigenvalue weighted by Crippen LogP contribution is -1.90. The zero-order chi connectivity index (χ0) is 12.8. The van der Waals surface area contributed by atoms with Gasteiger partial charge in [-0.1, -0.05) is 62.2 Å². The van der Waals surface area contributed by atoms with E-state index in [4.69, 9.17) is 0 Å². The number of benzene rings is 2. The molecular formula is C17H20O. The van der Waals surface area contributed by atoms with Crippen molar-refractivity contribution >= 4 is 0 Å². The third kappa shape index (κ3) is 2.92. The molecule has 0 aliphatic carbocycles. The predicted octanol–water partition coefficient (Wildman–Crippen LogP) is 4.79. The van der Waals surface area contributed by atoms with Crippen LogP contribution in [-0.4, -0.2) is 5.11 Å². The number of hydrogen-bond acceptors (Lipinski definition) is 1. The summed E-state index contributed by atoms with van der Waals surface area (Å²) in [6.07, 6.45) is 4.79. The summed E-state index contributed by atoms with van der Waals surface area (Å²) in [6, 6.07) is 15.9. The highest BCUT2D eigenvalue weighted by atomic mass is 16.3. The van der Waals surface area contributed by atoms with E-state index < -0.39 is 0 Å². The van der Waals surface area contributed by atoms with E-state index in [-0.39, 0.29) is 0 Å². The number of phenolic OH excluding ortho intramolecular Hbond substituents is 1. The van der Waals surface area contributed by atoms with Crippen molar-refractivity contribution in [3.05, 3.63) is 54.1 Å². The first-order valence-corrected chi connectivity index (χ1v) is 6.69. The summed E-state index contributed by atoms with van der Waals surface area (Å²) in [5.41, 5.74) is 3.42. The van der Waals surface area contributed by atoms with Gasteiger partial charge in [-0.3, -0.25) is 0 Å². The number of hydrogen-bond donors (Lipinski definition) is 1. The molecule has 2 rings (SSSR count). The maximum atomic E-state index is 9.96. The van der Waals surface area contributed by atoms with Crippen molar-refractivity contribution in [2.24, 2.45) is 0 Å². The van der Waals surface area contributed by atoms with Crippen molar-refractivity contribution < 1.29 is 5.11 Å². The van der Waals surface area contributed by atoms with Crippen LogP contribution in [0.4, 0.5) is 0 Å². The van der Waals surface area contributed by atoms with E-state index in [2.05, 4.69) is 25.1 Å². The topological polar surface area (TPSA) is 20.2 Å². The number of para-hydroxylation sites is 1. The Morgan fingerprint density at radius 1 is 0.833 bits per heavy atom. The molecule has 0 aromatic heterocycles. The number of aromatic hydroxyl groups is 1. The minimum Gasteiger partial charge on any atom is -0.507 e. The van der Waals surface area contributed by atoms with E-state index in [1.165, 1.54) is 24.8 Å². The van der Waals surface area contributed by atoms with Gasteiger partial charge in [0.1, 0.15) is 5.75 Å². The van der Waals surface area contributed by atoms with Crippen LogP contribution in [0.5, 0.6) is 5.75 Å². The lowest BCUT2D eigenvalue weighted by molar-refractivity contribution is 0.477. The Morgan fingerprint density at radius 2 is 1.50 bits per heavy atom. The van der Waals surface area contributed by atoms with E-state index in [1.807, 2.05) is 24.3 Å². The molecule has 18 heavy (non-hydrogen) atoms. The second-order valence-electron chi connectivity index (χ2n) is 4.63. The van der Waals surface area contributed by atoms with Crippen molar-refractivity contribution in [3.63, 3.8) is 0 Å². The highest BCUT2D eigenvalue weighted by Gasteiger charge is 2.07. The molecule has 0 aliphatic rings. The molecule has 0 spiro atoms. The lowest BCUT2D eigenvalue weighted by atomic mass is 9.95. The number of phenols is 1. The Labute approximate surface area is 109 Å². The van der Waals surface area contributed by atoms with E-state index in [0.717, 1.165) is 17.5 Å². The summed E-state index contributed by atoms with van der Waals surface area (Å²) in [5, 5.41) is 9.96. The fraction of sp³-hybridized carbons (Fsp3) is 0.294. The predicted molar refractivity (Wildman–Crippen MR) is 76.8 cm³/mol. The molecule has 1 N–H and O–H groups in total. The van der Waals surface area contributed by atoms with Crippen LogP contribution in [0.1, 0.15) is 31.7 Å². The molecule has 0 radical (unpaired) electrons. The van der Waals surface area contributed by atoms with Crippen LogP contribution >= 0.6 is 0 Å². The Morgan fingerprint density at radius 3 is 2.22 bits per heavy atom. The third-order valence-electron chi connectivity index (χ3n) is 3.26. The van der Waals surface area contributed by atoms with Crippen LogP contribution in [0.2, 0.25) is 0 Å². The van der Waals surface area contributed by atoms with Gasteiger partial charge < -0.3 is 5.11 Å². The van der Waals surface area contributed by atoms with Gasteiger partial charge in [0.05, 0.1) is 0 Å². The minimum absolute atomic E-state index is 0.362. The van der Waals surface area contributed by atoms with Gasteiger partial charge in [0.15, 0.2) is 0 Å². The average molecular weight is 240 g/mol. The zero-order valence-electron chi connectivity index (χ0n) is 10.9. The highest BCUT2D eigenvalue weighted by molar-refractivity contribution is 5.72. The molecule has 0 unspecified atom stereocenters. The first-order chi connectivity index (χ1) is 8.83. The van der Waals surface area contributed by atoms with E-state index in [1.54, 1.807) is 6.07 Å². The molecule has 2 aromatic rings. The van der Waals surface area contributed by atoms with E-state index in [0.29, 0.717) is 5.75 Å². The fourth-order valence-corrected chi connectivity index (χ4v) is 2.27. The standard InChI is InChI=1S/C17H20O/c1-2-3-4-9-14-10-5-6-11-15(14)16-12-7-8-13-17(16)18/h5-8,10-13,18H,2-4,9H2,1H3. The summed E-state index contributed by atoms with van der Waals surface area (Å²) in [4.78, 5) is 0.